The summed E-state index contributed by atoms with van der Waals surface area (Å²) in [6.07, 6.45) is 0. The van der Waals surface area contributed by atoms with Gasteiger partial charge in [-0.2, -0.15) is 0 Å². The number of hydrogen-bond donors (Lipinski definition) is 0. The van der Waals surface area contributed by atoms with E-state index >= 15 is 0 Å². The molecule has 1 heterocycles. The van der Waals surface area contributed by atoms with E-state index in [1.807, 2.05) is 19.9 Å². The van der Waals surface area contributed by atoms with Crippen LogP contribution >= 0.6 is 0 Å². The molecule has 2 aromatic carbocycles. The number of fused-ring (bicyclic) bond motifs is 1. The summed E-state index contributed by atoms with van der Waals surface area (Å²) in [5.74, 6) is 1.02. The first-order valence-corrected chi connectivity index (χ1v) is 8.53. The number of rotatable bonds is 1. The molecule has 0 saturated heterocycles. The molecule has 0 N–H and O–H groups in total. The van der Waals surface area contributed by atoms with Crippen molar-refractivity contribution in [3.05, 3.63) is 57.6 Å². The molecule has 2 aromatic rings. The average Bonchev–Trinajstić information content (AvgIpc) is 2.60. The first kappa shape index (κ1) is 17.4. The second kappa shape index (κ2) is 7.08. The van der Waals surface area contributed by atoms with Crippen molar-refractivity contribution >= 4 is 5.69 Å². The highest BCUT2D eigenvalue weighted by Crippen LogP contribution is 2.36. The maximum Gasteiger partial charge on any atom is 0.161 e. The second-order valence-corrected chi connectivity index (χ2v) is 6.05. The number of para-hydroxylation sites is 1. The zero-order chi connectivity index (χ0) is 17.1. The van der Waals surface area contributed by atoms with Crippen LogP contribution in [0.4, 0.5) is 5.69 Å². The van der Waals surface area contributed by atoms with Gasteiger partial charge in [0.05, 0.1) is 0 Å². The summed E-state index contributed by atoms with van der Waals surface area (Å²) in [6.45, 7) is 16.7. The van der Waals surface area contributed by atoms with Crippen LogP contribution in [0.2, 0.25) is 0 Å². The van der Waals surface area contributed by atoms with Crippen LogP contribution in [0.3, 0.4) is 0 Å². The average molecular weight is 311 g/mol. The van der Waals surface area contributed by atoms with Gasteiger partial charge in [-0.1, -0.05) is 32.0 Å². The molecule has 0 fully saturated rings. The Morgan fingerprint density at radius 2 is 1.30 bits per heavy atom. The Labute approximate surface area is 141 Å². The van der Waals surface area contributed by atoms with E-state index in [2.05, 4.69) is 57.7 Å². The van der Waals surface area contributed by atoms with Gasteiger partial charge in [-0.25, -0.2) is 0 Å². The highest BCUT2D eigenvalue weighted by molar-refractivity contribution is 5.66. The minimum atomic E-state index is 0.626. The molecule has 0 unspecified atom stereocenters. The summed E-state index contributed by atoms with van der Waals surface area (Å²) in [6, 6.07) is 8.32. The van der Waals surface area contributed by atoms with Crippen molar-refractivity contribution in [2.75, 3.05) is 11.6 Å². The molecule has 3 rings (SSSR count). The lowest BCUT2D eigenvalue weighted by molar-refractivity contribution is 0.289. The lowest BCUT2D eigenvalue weighted by atomic mass is 9.92. The Hall–Kier alpha value is -1.96. The molecule has 0 aromatic heterocycles. The maximum atomic E-state index is 5.94. The van der Waals surface area contributed by atoms with Crippen LogP contribution in [0.1, 0.15) is 47.2 Å². The van der Waals surface area contributed by atoms with Gasteiger partial charge < -0.3 is 9.64 Å². The Kier molecular flexibility index (Phi) is 5.35. The predicted molar refractivity (Wildman–Crippen MR) is 99.6 cm³/mol. The highest BCUT2D eigenvalue weighted by atomic mass is 16.5. The van der Waals surface area contributed by atoms with Gasteiger partial charge in [0.15, 0.2) is 6.73 Å². The van der Waals surface area contributed by atoms with Crippen LogP contribution in [-0.2, 0) is 6.54 Å². The summed E-state index contributed by atoms with van der Waals surface area (Å²) in [7, 11) is 0. The first-order valence-electron chi connectivity index (χ1n) is 8.53. The number of nitrogens with zero attached hydrogens (tertiary/aromatic N) is 1. The molecule has 0 bridgehead atoms. The monoisotopic (exact) mass is 311 g/mol. The molecule has 1 aliphatic heterocycles. The molecule has 0 saturated carbocycles. The Morgan fingerprint density at radius 3 is 1.91 bits per heavy atom. The molecule has 23 heavy (non-hydrogen) atoms. The Morgan fingerprint density at radius 1 is 0.783 bits per heavy atom. The van der Waals surface area contributed by atoms with Crippen molar-refractivity contribution in [3.63, 3.8) is 0 Å². The molecule has 1 aliphatic rings. The minimum absolute atomic E-state index is 0.626. The SMILES string of the molecule is CC.Cc1c(C)c(C)c(N2COc3ccccc3C2)c(C)c1C. The highest BCUT2D eigenvalue weighted by Gasteiger charge is 2.22. The normalized spacial score (nSPS) is 12.9. The third-order valence-corrected chi connectivity index (χ3v) is 4.99. The van der Waals surface area contributed by atoms with Gasteiger partial charge in [-0.15, -0.1) is 0 Å². The van der Waals surface area contributed by atoms with E-state index in [-0.39, 0.29) is 0 Å². The number of hydrogen-bond acceptors (Lipinski definition) is 2. The fourth-order valence-corrected chi connectivity index (χ4v) is 3.27. The molecule has 124 valence electrons. The third kappa shape index (κ3) is 3.08. The first-order chi connectivity index (χ1) is 11.0. The molecule has 2 heteroatoms. The van der Waals surface area contributed by atoms with Gasteiger partial charge in [-0.05, 0) is 68.5 Å². The van der Waals surface area contributed by atoms with Crippen LogP contribution in [0, 0.1) is 34.6 Å². The van der Waals surface area contributed by atoms with E-state index in [1.54, 1.807) is 0 Å². The fourth-order valence-electron chi connectivity index (χ4n) is 3.27. The van der Waals surface area contributed by atoms with Gasteiger partial charge in [0.25, 0.3) is 0 Å². The number of benzene rings is 2. The lowest BCUT2D eigenvalue weighted by Crippen LogP contribution is -2.33. The van der Waals surface area contributed by atoms with Crippen molar-refractivity contribution in [2.24, 2.45) is 0 Å². The predicted octanol–water partition coefficient (Wildman–Crippen LogP) is 5.61. The summed E-state index contributed by atoms with van der Waals surface area (Å²) < 4.78 is 5.94. The Bertz CT molecular complexity index is 674. The largest absolute Gasteiger partial charge is 0.473 e. The standard InChI is InChI=1S/C19H23NO.C2H6/c1-12-13(2)15(4)19(16(5)14(12)3)20-10-17-8-6-7-9-18(17)21-11-20;1-2/h6-9H,10-11H2,1-5H3;1-2H3. The van der Waals surface area contributed by atoms with Crippen molar-refractivity contribution < 1.29 is 4.74 Å². The van der Waals surface area contributed by atoms with E-state index in [1.165, 1.54) is 39.1 Å². The molecule has 0 amide bonds. The van der Waals surface area contributed by atoms with Crippen molar-refractivity contribution in [2.45, 2.75) is 55.0 Å². The zero-order valence-electron chi connectivity index (χ0n) is 15.6. The van der Waals surface area contributed by atoms with Crippen LogP contribution in [-0.4, -0.2) is 6.73 Å². The van der Waals surface area contributed by atoms with Gasteiger partial charge >= 0.3 is 0 Å². The molecule has 0 atom stereocenters. The number of anilines is 1. The van der Waals surface area contributed by atoms with Crippen LogP contribution in [0.25, 0.3) is 0 Å². The summed E-state index contributed by atoms with van der Waals surface area (Å²) >= 11 is 0. The van der Waals surface area contributed by atoms with Crippen LogP contribution < -0.4 is 9.64 Å². The molecular weight excluding hydrogens is 282 g/mol. The third-order valence-electron chi connectivity index (χ3n) is 4.99. The molecule has 2 nitrogen and oxygen atoms in total. The molecular formula is C21H29NO. The second-order valence-electron chi connectivity index (χ2n) is 6.05. The fraction of sp³-hybridized carbons (Fsp3) is 0.429. The topological polar surface area (TPSA) is 12.5 Å². The quantitative estimate of drug-likeness (QED) is 0.678. The van der Waals surface area contributed by atoms with Gasteiger partial charge in [0.1, 0.15) is 5.75 Å². The van der Waals surface area contributed by atoms with Gasteiger partial charge in [-0.3, -0.25) is 0 Å². The van der Waals surface area contributed by atoms with E-state index in [0.29, 0.717) is 6.73 Å². The van der Waals surface area contributed by atoms with E-state index in [9.17, 15) is 0 Å². The maximum absolute atomic E-state index is 5.94. The van der Waals surface area contributed by atoms with Crippen LogP contribution in [0.5, 0.6) is 5.75 Å². The van der Waals surface area contributed by atoms with Crippen molar-refractivity contribution in [1.82, 2.24) is 0 Å². The molecule has 0 radical (unpaired) electrons. The summed E-state index contributed by atoms with van der Waals surface area (Å²) in [4.78, 5) is 2.35. The number of ether oxygens (including phenoxy) is 1. The summed E-state index contributed by atoms with van der Waals surface area (Å²) in [5, 5.41) is 0. The molecule has 0 aliphatic carbocycles. The smallest absolute Gasteiger partial charge is 0.161 e. The van der Waals surface area contributed by atoms with Crippen molar-refractivity contribution in [3.8, 4) is 5.75 Å². The van der Waals surface area contributed by atoms with Gasteiger partial charge in [0, 0.05) is 17.8 Å². The van der Waals surface area contributed by atoms with Crippen LogP contribution in [0.15, 0.2) is 24.3 Å². The van der Waals surface area contributed by atoms with E-state index < -0.39 is 0 Å². The summed E-state index contributed by atoms with van der Waals surface area (Å²) in [5.41, 5.74) is 9.55. The minimum Gasteiger partial charge on any atom is -0.473 e. The van der Waals surface area contributed by atoms with Crippen molar-refractivity contribution in [1.29, 1.82) is 0 Å². The molecule has 0 spiro atoms. The van der Waals surface area contributed by atoms with Gasteiger partial charge in [0.2, 0.25) is 0 Å². The lowest BCUT2D eigenvalue weighted by Gasteiger charge is -2.34. The van der Waals surface area contributed by atoms with E-state index in [0.717, 1.165) is 12.3 Å². The Balaban J connectivity index is 0.000000924. The van der Waals surface area contributed by atoms with E-state index in [4.69, 9.17) is 4.74 Å². The zero-order valence-corrected chi connectivity index (χ0v) is 15.6.